The van der Waals surface area contributed by atoms with Crippen LogP contribution in [0, 0.1) is 0 Å². The van der Waals surface area contributed by atoms with Crippen LogP contribution in [0.25, 0.3) is 0 Å². The Morgan fingerprint density at radius 1 is 1.42 bits per heavy atom. The monoisotopic (exact) mass is 260 g/mol. The summed E-state index contributed by atoms with van der Waals surface area (Å²) in [6, 6.07) is 7.40. The molecular formula is C13H16N4O2. The molecule has 0 spiro atoms. The Bertz CT molecular complexity index is 565. The zero-order chi connectivity index (χ0) is 13.7. The number of hydrogen-bond donors (Lipinski definition) is 3. The smallest absolute Gasteiger partial charge is 0.291 e. The third kappa shape index (κ3) is 3.38. The summed E-state index contributed by atoms with van der Waals surface area (Å²) in [6.45, 7) is 2.30. The Hall–Kier alpha value is -2.21. The number of amides is 1. The lowest BCUT2D eigenvalue weighted by Crippen LogP contribution is -2.24. The number of aryl methyl sites for hydroxylation is 1. The van der Waals surface area contributed by atoms with Crippen LogP contribution in [0.15, 0.2) is 24.3 Å². The predicted molar refractivity (Wildman–Crippen MR) is 69.3 cm³/mol. The quantitative estimate of drug-likeness (QED) is 0.741. The van der Waals surface area contributed by atoms with Gasteiger partial charge in [-0.3, -0.25) is 9.89 Å². The molecule has 0 aliphatic carbocycles. The summed E-state index contributed by atoms with van der Waals surface area (Å²) >= 11 is 0. The molecule has 0 saturated heterocycles. The molecule has 0 atom stereocenters. The number of aliphatic hydroxyl groups is 1. The molecule has 1 aromatic heterocycles. The number of rotatable bonds is 5. The van der Waals surface area contributed by atoms with Gasteiger partial charge < -0.3 is 10.4 Å². The highest BCUT2D eigenvalue weighted by Gasteiger charge is 2.11. The fraction of sp³-hybridized carbons (Fsp3) is 0.308. The van der Waals surface area contributed by atoms with E-state index in [-0.39, 0.29) is 18.3 Å². The van der Waals surface area contributed by atoms with E-state index in [1.165, 1.54) is 0 Å². The number of H-pyrrole nitrogens is 1. The predicted octanol–water partition coefficient (Wildman–Crippen LogP) is 0.789. The van der Waals surface area contributed by atoms with Gasteiger partial charge in [-0.2, -0.15) is 0 Å². The molecular weight excluding hydrogens is 244 g/mol. The van der Waals surface area contributed by atoms with Crippen molar-refractivity contribution >= 4 is 5.91 Å². The van der Waals surface area contributed by atoms with Gasteiger partial charge in [0.1, 0.15) is 5.82 Å². The number of carbonyl (C=O) groups excluding carboxylic acids is 1. The Balaban J connectivity index is 1.96. The van der Waals surface area contributed by atoms with Crippen LogP contribution < -0.4 is 5.32 Å². The first-order valence-corrected chi connectivity index (χ1v) is 6.11. The third-order valence-electron chi connectivity index (χ3n) is 2.70. The lowest BCUT2D eigenvalue weighted by Gasteiger charge is -2.04. The molecule has 3 N–H and O–H groups in total. The molecule has 6 nitrogen and oxygen atoms in total. The van der Waals surface area contributed by atoms with E-state index in [1.807, 2.05) is 31.2 Å². The lowest BCUT2D eigenvalue weighted by molar-refractivity contribution is 0.0941. The Kier molecular flexibility index (Phi) is 4.25. The second-order valence-corrected chi connectivity index (χ2v) is 4.12. The molecule has 6 heteroatoms. The maximum Gasteiger partial charge on any atom is 0.291 e. The minimum absolute atomic E-state index is 0.0113. The summed E-state index contributed by atoms with van der Waals surface area (Å²) in [5, 5.41) is 18.3. The lowest BCUT2D eigenvalue weighted by atomic mass is 10.1. The molecule has 1 aromatic carbocycles. The van der Waals surface area contributed by atoms with Crippen LogP contribution in [0.2, 0.25) is 0 Å². The Morgan fingerprint density at radius 2 is 2.21 bits per heavy atom. The SMILES string of the molecule is CCc1nc(C(=O)NCc2cccc(CO)c2)n[nH]1. The average Bonchev–Trinajstić information content (AvgIpc) is 2.94. The molecule has 0 aliphatic rings. The third-order valence-corrected chi connectivity index (χ3v) is 2.70. The van der Waals surface area contributed by atoms with E-state index in [0.717, 1.165) is 11.1 Å². The fourth-order valence-corrected chi connectivity index (χ4v) is 1.65. The Labute approximate surface area is 110 Å². The highest BCUT2D eigenvalue weighted by atomic mass is 16.3. The van der Waals surface area contributed by atoms with Crippen LogP contribution in [0.3, 0.4) is 0 Å². The minimum atomic E-state index is -0.314. The molecule has 0 bridgehead atoms. The van der Waals surface area contributed by atoms with E-state index in [1.54, 1.807) is 0 Å². The van der Waals surface area contributed by atoms with Gasteiger partial charge in [0.25, 0.3) is 5.91 Å². The number of hydrogen-bond acceptors (Lipinski definition) is 4. The number of aromatic nitrogens is 3. The summed E-state index contributed by atoms with van der Waals surface area (Å²) in [6.07, 6.45) is 0.707. The van der Waals surface area contributed by atoms with Crippen molar-refractivity contribution in [3.8, 4) is 0 Å². The zero-order valence-corrected chi connectivity index (χ0v) is 10.7. The maximum atomic E-state index is 11.8. The van der Waals surface area contributed by atoms with Gasteiger partial charge in [-0.05, 0) is 11.1 Å². The second kappa shape index (κ2) is 6.10. The van der Waals surface area contributed by atoms with Crippen LogP contribution in [0.4, 0.5) is 0 Å². The van der Waals surface area contributed by atoms with E-state index in [9.17, 15) is 4.79 Å². The topological polar surface area (TPSA) is 90.9 Å². The summed E-state index contributed by atoms with van der Waals surface area (Å²) in [5.74, 6) is 0.521. The van der Waals surface area contributed by atoms with Crippen molar-refractivity contribution in [2.75, 3.05) is 0 Å². The van der Waals surface area contributed by atoms with Gasteiger partial charge in [-0.1, -0.05) is 31.2 Å². The molecule has 19 heavy (non-hydrogen) atoms. The number of carbonyl (C=O) groups is 1. The molecule has 2 aromatic rings. The first-order chi connectivity index (χ1) is 9.22. The van der Waals surface area contributed by atoms with Crippen LogP contribution >= 0.6 is 0 Å². The van der Waals surface area contributed by atoms with Gasteiger partial charge >= 0.3 is 0 Å². The van der Waals surface area contributed by atoms with E-state index in [4.69, 9.17) is 5.11 Å². The average molecular weight is 260 g/mol. The number of nitrogens with one attached hydrogen (secondary N) is 2. The van der Waals surface area contributed by atoms with E-state index in [0.29, 0.717) is 18.8 Å². The van der Waals surface area contributed by atoms with Crippen molar-refractivity contribution in [1.29, 1.82) is 0 Å². The van der Waals surface area contributed by atoms with Crippen LogP contribution in [-0.4, -0.2) is 26.2 Å². The van der Waals surface area contributed by atoms with Gasteiger partial charge in [0.15, 0.2) is 0 Å². The summed E-state index contributed by atoms with van der Waals surface area (Å²) < 4.78 is 0. The molecule has 0 aliphatic heterocycles. The van der Waals surface area contributed by atoms with E-state index >= 15 is 0 Å². The van der Waals surface area contributed by atoms with Crippen LogP contribution in [-0.2, 0) is 19.6 Å². The first kappa shape index (κ1) is 13.2. The number of nitrogens with zero attached hydrogens (tertiary/aromatic N) is 2. The van der Waals surface area contributed by atoms with Gasteiger partial charge in [-0.15, -0.1) is 5.10 Å². The van der Waals surface area contributed by atoms with Crippen molar-refractivity contribution in [2.45, 2.75) is 26.5 Å². The van der Waals surface area contributed by atoms with Crippen molar-refractivity contribution in [1.82, 2.24) is 20.5 Å². The van der Waals surface area contributed by atoms with Gasteiger partial charge in [0, 0.05) is 13.0 Å². The molecule has 2 rings (SSSR count). The Morgan fingerprint density at radius 3 is 2.89 bits per heavy atom. The number of benzene rings is 1. The normalized spacial score (nSPS) is 10.4. The second-order valence-electron chi connectivity index (χ2n) is 4.12. The van der Waals surface area contributed by atoms with Gasteiger partial charge in [-0.25, -0.2) is 4.98 Å². The van der Waals surface area contributed by atoms with E-state index in [2.05, 4.69) is 20.5 Å². The van der Waals surface area contributed by atoms with Crippen molar-refractivity contribution in [3.63, 3.8) is 0 Å². The molecule has 1 amide bonds. The minimum Gasteiger partial charge on any atom is -0.392 e. The van der Waals surface area contributed by atoms with E-state index < -0.39 is 0 Å². The summed E-state index contributed by atoms with van der Waals surface area (Å²) in [7, 11) is 0. The molecule has 0 unspecified atom stereocenters. The fourth-order valence-electron chi connectivity index (χ4n) is 1.65. The molecule has 100 valence electrons. The molecule has 0 fully saturated rings. The molecule has 0 radical (unpaired) electrons. The van der Waals surface area contributed by atoms with Gasteiger partial charge in [0.2, 0.25) is 5.82 Å². The number of aromatic amines is 1. The summed E-state index contributed by atoms with van der Waals surface area (Å²) in [4.78, 5) is 15.9. The van der Waals surface area contributed by atoms with Crippen LogP contribution in [0.1, 0.15) is 34.5 Å². The van der Waals surface area contributed by atoms with Gasteiger partial charge in [0.05, 0.1) is 6.61 Å². The standard InChI is InChI=1S/C13H16N4O2/c1-2-11-15-12(17-16-11)13(19)14-7-9-4-3-5-10(6-9)8-18/h3-6,18H,2,7-8H2,1H3,(H,14,19)(H,15,16,17). The molecule has 0 saturated carbocycles. The highest BCUT2D eigenvalue weighted by Crippen LogP contribution is 2.05. The zero-order valence-electron chi connectivity index (χ0n) is 10.7. The van der Waals surface area contributed by atoms with Crippen molar-refractivity contribution < 1.29 is 9.90 Å². The highest BCUT2D eigenvalue weighted by molar-refractivity contribution is 5.90. The van der Waals surface area contributed by atoms with Crippen molar-refractivity contribution in [3.05, 3.63) is 47.0 Å². The largest absolute Gasteiger partial charge is 0.392 e. The van der Waals surface area contributed by atoms with Crippen molar-refractivity contribution in [2.24, 2.45) is 0 Å². The number of aliphatic hydroxyl groups excluding tert-OH is 1. The summed E-state index contributed by atoms with van der Waals surface area (Å²) in [5.41, 5.74) is 1.74. The first-order valence-electron chi connectivity index (χ1n) is 6.11. The molecule has 1 heterocycles. The maximum absolute atomic E-state index is 11.8. The van der Waals surface area contributed by atoms with Crippen LogP contribution in [0.5, 0.6) is 0 Å².